The van der Waals surface area contributed by atoms with Crippen LogP contribution in [-0.4, -0.2) is 224 Å². The lowest BCUT2D eigenvalue weighted by Crippen LogP contribution is -2.60. The molecule has 0 amide bonds. The zero-order valence-electron chi connectivity index (χ0n) is 43.9. The molecule has 0 atom stereocenters. The fraction of sp³-hybridized carbons (Fsp3) is 0.913. The number of carboxylic acids is 4. The van der Waals surface area contributed by atoms with Gasteiger partial charge in [-0.05, 0) is 162 Å². The molecule has 0 unspecified atom stereocenters. The van der Waals surface area contributed by atoms with Gasteiger partial charge in [0.2, 0.25) is 0 Å². The van der Waals surface area contributed by atoms with Gasteiger partial charge in [0, 0.05) is 57.4 Å². The smallest absolute Gasteiger partial charge is 0.317 e. The molecule has 22 nitrogen and oxygen atoms in total. The largest absolute Gasteiger partial charge is 0.480 e. The Bertz CT molecular complexity index is 1320. The van der Waals surface area contributed by atoms with Gasteiger partial charge in [0.15, 0.2) is 0 Å². The molecule has 0 saturated carbocycles. The van der Waals surface area contributed by atoms with Crippen molar-refractivity contribution in [2.75, 3.05) is 39.3 Å². The van der Waals surface area contributed by atoms with E-state index in [1.54, 1.807) is 0 Å². The fourth-order valence-electron chi connectivity index (χ4n) is 10.3. The number of hydrogen-bond acceptors (Lipinski definition) is 18. The summed E-state index contributed by atoms with van der Waals surface area (Å²) in [4.78, 5) is 44.4. The van der Waals surface area contributed by atoms with E-state index in [0.717, 1.165) is 9.80 Å². The molecule has 0 aromatic heterocycles. The monoisotopic (exact) mass is 985 g/mol. The molecular formula is C46H92N6O16. The van der Waals surface area contributed by atoms with Crippen molar-refractivity contribution in [3.63, 3.8) is 0 Å². The Hall–Kier alpha value is -2.68. The van der Waals surface area contributed by atoms with Crippen LogP contribution in [-0.2, 0) is 19.2 Å². The molecule has 4 aliphatic rings. The first-order chi connectivity index (χ1) is 30.2. The Morgan fingerprint density at radius 2 is 0.456 bits per heavy atom. The maximum absolute atomic E-state index is 10.6. The third-order valence-corrected chi connectivity index (χ3v) is 12.6. The van der Waals surface area contributed by atoms with Crippen LogP contribution in [0.15, 0.2) is 0 Å². The molecule has 0 aromatic rings. The summed E-state index contributed by atoms with van der Waals surface area (Å²) in [6.45, 7) is 28.8. The molecule has 402 valence electrons. The molecule has 0 aliphatic carbocycles. The molecule has 0 bridgehead atoms. The summed E-state index contributed by atoms with van der Waals surface area (Å²) in [6.07, 6.45) is 3.88. The van der Waals surface area contributed by atoms with Crippen LogP contribution >= 0.6 is 0 Å². The first-order valence-electron chi connectivity index (χ1n) is 23.2. The van der Waals surface area contributed by atoms with E-state index >= 15 is 0 Å². The Morgan fingerprint density at radius 3 is 0.559 bits per heavy atom. The second-order valence-electron chi connectivity index (χ2n) is 24.0. The molecule has 68 heavy (non-hydrogen) atoms. The maximum Gasteiger partial charge on any atom is 0.317 e. The van der Waals surface area contributed by atoms with Crippen molar-refractivity contribution in [3.05, 3.63) is 0 Å². The number of carboxylic acid groups (broad SMARTS) is 4. The SMILES string of the molecule is CC1(C)CC(O)CC(C)(C)N1O.CC1(C)CC(O)CC(C)(C)N1O.CC1(C)CC(O)CC(C)(C)N1O.CC1(C)CC(O)CC(C)(C)N1O.O=C(O)CN(CCN(CC(=O)O)CC(=O)O)CC(=O)O. The summed E-state index contributed by atoms with van der Waals surface area (Å²) in [5, 5.41) is 117. The van der Waals surface area contributed by atoms with Gasteiger partial charge in [-0.15, -0.1) is 0 Å². The van der Waals surface area contributed by atoms with E-state index in [4.69, 9.17) is 20.4 Å². The average molecular weight is 985 g/mol. The van der Waals surface area contributed by atoms with Gasteiger partial charge in [-0.1, -0.05) is 0 Å². The number of rotatable bonds is 11. The summed E-state index contributed by atoms with van der Waals surface area (Å²) in [7, 11) is 0. The van der Waals surface area contributed by atoms with Crippen LogP contribution < -0.4 is 0 Å². The molecule has 12 N–H and O–H groups in total. The minimum atomic E-state index is -1.23. The summed E-state index contributed by atoms with van der Waals surface area (Å²) >= 11 is 0. The number of nitrogens with zero attached hydrogens (tertiary/aromatic N) is 6. The topological polar surface area (TPSA) is 330 Å². The standard InChI is InChI=1S/C10H16N2O8.4C9H19NO2/c13-7(14)3-11(4-8(15)16)1-2-12(5-9(17)18)6-10(19)20;4*1-8(2)5-7(11)6-9(3,4)10(8)12/h1-6H2,(H,13,14)(H,15,16)(H,17,18)(H,19,20);4*7,11-12H,5-6H2,1-4H3. The third kappa shape index (κ3) is 21.8. The molecule has 0 radical (unpaired) electrons. The van der Waals surface area contributed by atoms with Crippen LogP contribution in [0.3, 0.4) is 0 Å². The van der Waals surface area contributed by atoms with E-state index in [2.05, 4.69) is 0 Å². The van der Waals surface area contributed by atoms with Gasteiger partial charge in [0.25, 0.3) is 0 Å². The molecule has 4 heterocycles. The third-order valence-electron chi connectivity index (χ3n) is 12.6. The Morgan fingerprint density at radius 1 is 0.338 bits per heavy atom. The lowest BCUT2D eigenvalue weighted by Gasteiger charge is -2.50. The van der Waals surface area contributed by atoms with Gasteiger partial charge < -0.3 is 61.7 Å². The number of aliphatic hydroxyl groups excluding tert-OH is 4. The minimum Gasteiger partial charge on any atom is -0.480 e. The second-order valence-corrected chi connectivity index (χ2v) is 24.0. The molecule has 4 aliphatic heterocycles. The molecule has 4 saturated heterocycles. The normalized spacial score (nSPS) is 24.7. The summed E-state index contributed by atoms with van der Waals surface area (Å²) < 4.78 is 0. The number of aliphatic carboxylic acids is 4. The van der Waals surface area contributed by atoms with Crippen LogP contribution in [0.1, 0.15) is 162 Å². The maximum atomic E-state index is 10.6. The lowest BCUT2D eigenvalue weighted by atomic mass is 9.80. The predicted molar refractivity (Wildman–Crippen MR) is 252 cm³/mol. The van der Waals surface area contributed by atoms with Crippen molar-refractivity contribution in [1.29, 1.82) is 0 Å². The van der Waals surface area contributed by atoms with E-state index in [0.29, 0.717) is 51.4 Å². The van der Waals surface area contributed by atoms with Crippen molar-refractivity contribution in [2.24, 2.45) is 0 Å². The van der Waals surface area contributed by atoms with Gasteiger partial charge in [-0.25, -0.2) is 0 Å². The Balaban J connectivity index is 0.000000839. The van der Waals surface area contributed by atoms with Gasteiger partial charge in [-0.2, -0.15) is 20.3 Å². The van der Waals surface area contributed by atoms with Gasteiger partial charge in [-0.3, -0.25) is 29.0 Å². The zero-order valence-corrected chi connectivity index (χ0v) is 43.9. The number of hydrogen-bond donors (Lipinski definition) is 12. The molecular weight excluding hydrogens is 893 g/mol. The Kier molecular flexibility index (Phi) is 24.1. The lowest BCUT2D eigenvalue weighted by molar-refractivity contribution is -0.257. The summed E-state index contributed by atoms with van der Waals surface area (Å²) in [6, 6.07) is 0. The van der Waals surface area contributed by atoms with E-state index in [9.17, 15) is 60.4 Å². The fourth-order valence-corrected chi connectivity index (χ4v) is 10.3. The minimum absolute atomic E-state index is 0.0703. The van der Waals surface area contributed by atoms with Gasteiger partial charge in [0.1, 0.15) is 0 Å². The average Bonchev–Trinajstić information content (AvgIpc) is 3.08. The Labute approximate surface area is 404 Å². The van der Waals surface area contributed by atoms with Crippen molar-refractivity contribution >= 4 is 23.9 Å². The highest BCUT2D eigenvalue weighted by molar-refractivity contribution is 5.73. The van der Waals surface area contributed by atoms with Crippen molar-refractivity contribution < 1.29 is 80.9 Å². The van der Waals surface area contributed by atoms with Crippen LogP contribution in [0.4, 0.5) is 0 Å². The van der Waals surface area contributed by atoms with Crippen LogP contribution in [0.5, 0.6) is 0 Å². The predicted octanol–water partition coefficient (Wildman–Crippen LogP) is 3.49. The van der Waals surface area contributed by atoms with Crippen molar-refractivity contribution in [3.8, 4) is 0 Å². The number of carbonyl (C=O) groups is 4. The van der Waals surface area contributed by atoms with Gasteiger partial charge >= 0.3 is 23.9 Å². The summed E-state index contributed by atoms with van der Waals surface area (Å²) in [5.41, 5.74) is -2.55. The highest BCUT2D eigenvalue weighted by Crippen LogP contribution is 2.39. The molecule has 0 aromatic carbocycles. The first-order valence-corrected chi connectivity index (χ1v) is 23.2. The molecule has 22 heteroatoms. The summed E-state index contributed by atoms with van der Waals surface area (Å²) in [5.74, 6) is -4.91. The number of aliphatic hydroxyl groups is 4. The quantitative estimate of drug-likeness (QED) is 0.141. The van der Waals surface area contributed by atoms with Crippen molar-refractivity contribution in [2.45, 2.75) is 231 Å². The van der Waals surface area contributed by atoms with E-state index in [-0.39, 0.29) is 81.8 Å². The molecule has 4 rings (SSSR count). The first kappa shape index (κ1) is 65.3. The van der Waals surface area contributed by atoms with Gasteiger partial charge in [0.05, 0.1) is 50.6 Å². The number of piperidine rings is 4. The van der Waals surface area contributed by atoms with Crippen LogP contribution in [0.25, 0.3) is 0 Å². The molecule has 0 spiro atoms. The highest BCUT2D eigenvalue weighted by atomic mass is 16.5. The number of hydroxylamine groups is 8. The van der Waals surface area contributed by atoms with Crippen molar-refractivity contribution in [1.82, 2.24) is 30.1 Å². The van der Waals surface area contributed by atoms with E-state index in [1.807, 2.05) is 111 Å². The van der Waals surface area contributed by atoms with E-state index < -0.39 is 50.1 Å². The van der Waals surface area contributed by atoms with Crippen LogP contribution in [0.2, 0.25) is 0 Å². The second kappa shape index (κ2) is 25.1. The van der Waals surface area contributed by atoms with Crippen LogP contribution in [0, 0.1) is 0 Å². The highest BCUT2D eigenvalue weighted by Gasteiger charge is 2.47. The molecule has 4 fully saturated rings. The van der Waals surface area contributed by atoms with E-state index in [1.165, 1.54) is 20.3 Å². The zero-order chi connectivity index (χ0) is 54.0.